The Bertz CT molecular complexity index is 528. The van der Waals surface area contributed by atoms with Gasteiger partial charge in [-0.15, -0.1) is 0 Å². The van der Waals surface area contributed by atoms with E-state index in [1.807, 2.05) is 36.4 Å². The molecule has 19 heavy (non-hydrogen) atoms. The Hall–Kier alpha value is -2.23. The third-order valence-corrected chi connectivity index (χ3v) is 2.73. The number of nitrogens with two attached hydrogens (primary N) is 1. The molecule has 0 amide bonds. The lowest BCUT2D eigenvalue weighted by molar-refractivity contribution is 0.318. The molecule has 4 heteroatoms. The topological polar surface area (TPSA) is 60.2 Å². The maximum atomic E-state index is 5.91. The highest BCUT2D eigenvalue weighted by Gasteiger charge is 2.04. The van der Waals surface area contributed by atoms with E-state index in [4.69, 9.17) is 10.5 Å². The molecule has 0 spiro atoms. The normalized spacial score (nSPS) is 10.2. The van der Waals surface area contributed by atoms with Gasteiger partial charge in [-0.25, -0.2) is 4.98 Å². The van der Waals surface area contributed by atoms with E-state index < -0.39 is 0 Å². The number of ether oxygens (including phenoxy) is 1. The van der Waals surface area contributed by atoms with Crippen LogP contribution in [-0.2, 0) is 6.54 Å². The minimum absolute atomic E-state index is 0.631. The molecule has 1 aromatic carbocycles. The van der Waals surface area contributed by atoms with Gasteiger partial charge in [0.2, 0.25) is 0 Å². The highest BCUT2D eigenvalue weighted by atomic mass is 16.5. The van der Waals surface area contributed by atoms with Gasteiger partial charge >= 0.3 is 0 Å². The zero-order valence-corrected chi connectivity index (χ0v) is 11.1. The van der Waals surface area contributed by atoms with Crippen molar-refractivity contribution in [2.45, 2.75) is 19.9 Å². The molecule has 100 valence electrons. The van der Waals surface area contributed by atoms with Crippen LogP contribution in [0.4, 0.5) is 11.5 Å². The van der Waals surface area contributed by atoms with Crippen LogP contribution in [0.1, 0.15) is 18.9 Å². The summed E-state index contributed by atoms with van der Waals surface area (Å²) in [4.78, 5) is 4.30. The Labute approximate surface area is 113 Å². The summed E-state index contributed by atoms with van der Waals surface area (Å²) in [6.45, 7) is 3.40. The molecule has 0 saturated heterocycles. The SMILES string of the molecule is CCCOc1cccnc1NCc1ccccc1N. The molecule has 0 aliphatic rings. The average molecular weight is 257 g/mol. The van der Waals surface area contributed by atoms with Gasteiger partial charge in [-0.3, -0.25) is 0 Å². The quantitative estimate of drug-likeness (QED) is 0.781. The van der Waals surface area contributed by atoms with Crippen molar-refractivity contribution in [1.29, 1.82) is 0 Å². The lowest BCUT2D eigenvalue weighted by atomic mass is 10.2. The molecule has 0 atom stereocenters. The van der Waals surface area contributed by atoms with Gasteiger partial charge in [0, 0.05) is 18.4 Å². The Morgan fingerprint density at radius 2 is 2.05 bits per heavy atom. The largest absolute Gasteiger partial charge is 0.490 e. The lowest BCUT2D eigenvalue weighted by Crippen LogP contribution is -2.06. The summed E-state index contributed by atoms with van der Waals surface area (Å²) in [7, 11) is 0. The number of hydrogen-bond donors (Lipinski definition) is 2. The van der Waals surface area contributed by atoms with E-state index in [9.17, 15) is 0 Å². The van der Waals surface area contributed by atoms with E-state index in [1.54, 1.807) is 6.20 Å². The Balaban J connectivity index is 2.05. The number of nitrogens with one attached hydrogen (secondary N) is 1. The molecule has 1 aromatic heterocycles. The second kappa shape index (κ2) is 6.64. The smallest absolute Gasteiger partial charge is 0.169 e. The van der Waals surface area contributed by atoms with Crippen LogP contribution in [0.2, 0.25) is 0 Å². The van der Waals surface area contributed by atoms with Crippen molar-refractivity contribution in [2.75, 3.05) is 17.7 Å². The van der Waals surface area contributed by atoms with Crippen LogP contribution in [0.5, 0.6) is 5.75 Å². The molecule has 2 aromatic rings. The summed E-state index contributed by atoms with van der Waals surface area (Å²) in [6, 6.07) is 11.6. The van der Waals surface area contributed by atoms with E-state index in [1.165, 1.54) is 0 Å². The molecule has 0 fully saturated rings. The molecule has 4 nitrogen and oxygen atoms in total. The summed E-state index contributed by atoms with van der Waals surface area (Å²) in [5, 5.41) is 3.26. The molecule has 0 unspecified atom stereocenters. The summed E-state index contributed by atoms with van der Waals surface area (Å²) >= 11 is 0. The predicted molar refractivity (Wildman–Crippen MR) is 78.2 cm³/mol. The van der Waals surface area contributed by atoms with Crippen LogP contribution < -0.4 is 15.8 Å². The maximum Gasteiger partial charge on any atom is 0.169 e. The van der Waals surface area contributed by atoms with Crippen LogP contribution in [-0.4, -0.2) is 11.6 Å². The first-order valence-electron chi connectivity index (χ1n) is 6.46. The van der Waals surface area contributed by atoms with Crippen molar-refractivity contribution in [3.63, 3.8) is 0 Å². The number of nitrogen functional groups attached to an aromatic ring is 1. The summed E-state index contributed by atoms with van der Waals surface area (Å²) < 4.78 is 5.65. The molecule has 0 saturated carbocycles. The van der Waals surface area contributed by atoms with Crippen LogP contribution in [0.3, 0.4) is 0 Å². The summed E-state index contributed by atoms with van der Waals surface area (Å²) in [6.07, 6.45) is 2.72. The Morgan fingerprint density at radius 1 is 1.21 bits per heavy atom. The van der Waals surface area contributed by atoms with Gasteiger partial charge in [0.1, 0.15) is 0 Å². The summed E-state index contributed by atoms with van der Waals surface area (Å²) in [5.41, 5.74) is 7.74. The number of nitrogens with zero attached hydrogens (tertiary/aromatic N) is 1. The van der Waals surface area contributed by atoms with E-state index in [2.05, 4.69) is 17.2 Å². The molecule has 0 radical (unpaired) electrons. The number of anilines is 2. The molecule has 0 aliphatic heterocycles. The van der Waals surface area contributed by atoms with Crippen molar-refractivity contribution < 1.29 is 4.74 Å². The molecule has 0 bridgehead atoms. The van der Waals surface area contributed by atoms with Gasteiger partial charge in [0.25, 0.3) is 0 Å². The van der Waals surface area contributed by atoms with Crippen LogP contribution in [0.15, 0.2) is 42.6 Å². The fraction of sp³-hybridized carbons (Fsp3) is 0.267. The first-order valence-corrected chi connectivity index (χ1v) is 6.46. The van der Waals surface area contributed by atoms with Crippen LogP contribution in [0, 0.1) is 0 Å². The number of hydrogen-bond acceptors (Lipinski definition) is 4. The average Bonchev–Trinajstić information content (AvgIpc) is 2.45. The van der Waals surface area contributed by atoms with Gasteiger partial charge in [0.15, 0.2) is 11.6 Å². The minimum Gasteiger partial charge on any atom is -0.490 e. The zero-order valence-electron chi connectivity index (χ0n) is 11.1. The van der Waals surface area contributed by atoms with Gasteiger partial charge in [-0.1, -0.05) is 25.1 Å². The second-order valence-corrected chi connectivity index (χ2v) is 4.25. The van der Waals surface area contributed by atoms with E-state index in [0.29, 0.717) is 13.2 Å². The molecule has 3 N–H and O–H groups in total. The molecule has 0 aliphatic carbocycles. The maximum absolute atomic E-state index is 5.91. The Morgan fingerprint density at radius 3 is 2.84 bits per heavy atom. The van der Waals surface area contributed by atoms with Crippen molar-refractivity contribution in [3.05, 3.63) is 48.2 Å². The number of rotatable bonds is 6. The molecular formula is C15H19N3O. The fourth-order valence-electron chi connectivity index (χ4n) is 1.73. The predicted octanol–water partition coefficient (Wildman–Crippen LogP) is 3.06. The first-order chi connectivity index (χ1) is 9.31. The standard InChI is InChI=1S/C15H19N3O/c1-2-10-19-14-8-5-9-17-15(14)18-11-12-6-3-4-7-13(12)16/h3-9H,2,10-11,16H2,1H3,(H,17,18). The Kier molecular flexibility index (Phi) is 4.61. The number of pyridine rings is 1. The van der Waals surface area contributed by atoms with E-state index >= 15 is 0 Å². The van der Waals surface area contributed by atoms with Crippen LogP contribution >= 0.6 is 0 Å². The highest BCUT2D eigenvalue weighted by Crippen LogP contribution is 2.22. The van der Waals surface area contributed by atoms with E-state index in [-0.39, 0.29) is 0 Å². The lowest BCUT2D eigenvalue weighted by Gasteiger charge is -2.12. The van der Waals surface area contributed by atoms with Crippen LogP contribution in [0.25, 0.3) is 0 Å². The zero-order chi connectivity index (χ0) is 13.5. The number of aromatic nitrogens is 1. The number of benzene rings is 1. The third kappa shape index (κ3) is 3.61. The monoisotopic (exact) mass is 257 g/mol. The highest BCUT2D eigenvalue weighted by molar-refractivity contribution is 5.52. The third-order valence-electron chi connectivity index (χ3n) is 2.73. The van der Waals surface area contributed by atoms with E-state index in [0.717, 1.165) is 29.2 Å². The second-order valence-electron chi connectivity index (χ2n) is 4.25. The molecular weight excluding hydrogens is 238 g/mol. The summed E-state index contributed by atoms with van der Waals surface area (Å²) in [5.74, 6) is 1.53. The molecule has 2 rings (SSSR count). The van der Waals surface area contributed by atoms with Crippen molar-refractivity contribution in [1.82, 2.24) is 4.98 Å². The number of para-hydroxylation sites is 1. The molecule has 1 heterocycles. The van der Waals surface area contributed by atoms with Gasteiger partial charge in [0.05, 0.1) is 6.61 Å². The van der Waals surface area contributed by atoms with Crippen molar-refractivity contribution in [3.8, 4) is 5.75 Å². The first kappa shape index (κ1) is 13.2. The van der Waals surface area contributed by atoms with Crippen molar-refractivity contribution >= 4 is 11.5 Å². The van der Waals surface area contributed by atoms with Gasteiger partial charge in [-0.2, -0.15) is 0 Å². The van der Waals surface area contributed by atoms with Gasteiger partial charge in [-0.05, 0) is 30.2 Å². The van der Waals surface area contributed by atoms with Crippen molar-refractivity contribution in [2.24, 2.45) is 0 Å². The fourth-order valence-corrected chi connectivity index (χ4v) is 1.73. The van der Waals surface area contributed by atoms with Gasteiger partial charge < -0.3 is 15.8 Å². The minimum atomic E-state index is 0.631.